The fourth-order valence-electron chi connectivity index (χ4n) is 3.98. The Balaban J connectivity index is 1.64. The normalized spacial score (nSPS) is 20.7. The maximum atomic E-state index is 13.0. The van der Waals surface area contributed by atoms with Crippen LogP contribution in [0.15, 0.2) is 24.3 Å². The van der Waals surface area contributed by atoms with E-state index in [2.05, 4.69) is 21.6 Å². The van der Waals surface area contributed by atoms with Gasteiger partial charge < -0.3 is 15.4 Å². The van der Waals surface area contributed by atoms with E-state index in [4.69, 9.17) is 4.74 Å². The Morgan fingerprint density at radius 1 is 1.29 bits per heavy atom. The van der Waals surface area contributed by atoms with Crippen LogP contribution in [0.1, 0.15) is 31.2 Å². The number of carbonyl (C=O) groups excluding carboxylic acids is 1. The third-order valence-electron chi connectivity index (χ3n) is 5.44. The van der Waals surface area contributed by atoms with Gasteiger partial charge in [0.2, 0.25) is 5.91 Å². The Labute approximate surface area is 144 Å². The molecule has 5 heteroatoms. The second-order valence-corrected chi connectivity index (χ2v) is 6.87. The smallest absolute Gasteiger partial charge is 0.230 e. The molecular formula is C19H29N3O2. The number of rotatable bonds is 6. The largest absolute Gasteiger partial charge is 0.497 e. The van der Waals surface area contributed by atoms with Crippen molar-refractivity contribution in [2.45, 2.75) is 31.1 Å². The van der Waals surface area contributed by atoms with Gasteiger partial charge in [0.25, 0.3) is 0 Å². The molecule has 0 radical (unpaired) electrons. The molecule has 2 N–H and O–H groups in total. The summed E-state index contributed by atoms with van der Waals surface area (Å²) in [6, 6.07) is 8.03. The number of amides is 1. The van der Waals surface area contributed by atoms with Gasteiger partial charge in [-0.25, -0.2) is 0 Å². The zero-order chi connectivity index (χ0) is 16.8. The van der Waals surface area contributed by atoms with E-state index in [1.165, 1.54) is 0 Å². The topological polar surface area (TPSA) is 53.6 Å². The van der Waals surface area contributed by atoms with Crippen LogP contribution in [0.2, 0.25) is 0 Å². The summed E-state index contributed by atoms with van der Waals surface area (Å²) in [6.45, 7) is 5.88. The number of benzene rings is 1. The zero-order valence-corrected chi connectivity index (χ0v) is 14.6. The summed E-state index contributed by atoms with van der Waals surface area (Å²) in [6.07, 6.45) is 4.09. The molecular weight excluding hydrogens is 302 g/mol. The van der Waals surface area contributed by atoms with Gasteiger partial charge in [0.05, 0.1) is 12.5 Å². The molecule has 132 valence electrons. The quantitative estimate of drug-likeness (QED) is 0.830. The first-order valence-corrected chi connectivity index (χ1v) is 9.10. The molecule has 2 fully saturated rings. The lowest BCUT2D eigenvalue weighted by Crippen LogP contribution is -2.48. The number of nitrogens with zero attached hydrogens (tertiary/aromatic N) is 1. The van der Waals surface area contributed by atoms with Crippen LogP contribution in [0.25, 0.3) is 0 Å². The lowest BCUT2D eigenvalue weighted by atomic mass is 9.78. The third-order valence-corrected chi connectivity index (χ3v) is 5.44. The van der Waals surface area contributed by atoms with E-state index in [9.17, 15) is 4.79 Å². The molecule has 0 bridgehead atoms. The number of nitrogens with one attached hydrogen (secondary N) is 2. The summed E-state index contributed by atoms with van der Waals surface area (Å²) in [5, 5.41) is 6.56. The van der Waals surface area contributed by atoms with Gasteiger partial charge >= 0.3 is 0 Å². The minimum absolute atomic E-state index is 0.184. The monoisotopic (exact) mass is 331 g/mol. The Morgan fingerprint density at radius 2 is 2.04 bits per heavy atom. The highest BCUT2D eigenvalue weighted by Gasteiger charge is 2.42. The predicted molar refractivity (Wildman–Crippen MR) is 95.5 cm³/mol. The van der Waals surface area contributed by atoms with Gasteiger partial charge in [-0.2, -0.15) is 0 Å². The predicted octanol–water partition coefficient (Wildman–Crippen LogP) is 1.53. The molecule has 1 aliphatic heterocycles. The Kier molecular flexibility index (Phi) is 5.74. The van der Waals surface area contributed by atoms with Gasteiger partial charge in [-0.1, -0.05) is 25.0 Å². The van der Waals surface area contributed by atoms with Crippen molar-refractivity contribution in [3.05, 3.63) is 29.8 Å². The molecule has 24 heavy (non-hydrogen) atoms. The first-order valence-electron chi connectivity index (χ1n) is 9.10. The number of hydrogen-bond donors (Lipinski definition) is 2. The lowest BCUT2D eigenvalue weighted by Gasteiger charge is -2.30. The molecule has 0 spiro atoms. The number of ether oxygens (including phenoxy) is 1. The van der Waals surface area contributed by atoms with Gasteiger partial charge in [-0.15, -0.1) is 0 Å². The summed E-state index contributed by atoms with van der Waals surface area (Å²) < 4.78 is 5.36. The summed E-state index contributed by atoms with van der Waals surface area (Å²) in [5.74, 6) is 1.01. The molecule has 2 aliphatic rings. The average Bonchev–Trinajstić information content (AvgIpc) is 3.14. The van der Waals surface area contributed by atoms with Crippen LogP contribution >= 0.6 is 0 Å². The van der Waals surface area contributed by atoms with Crippen molar-refractivity contribution in [1.82, 2.24) is 15.5 Å². The molecule has 5 nitrogen and oxygen atoms in total. The van der Waals surface area contributed by atoms with Crippen molar-refractivity contribution in [1.29, 1.82) is 0 Å². The fraction of sp³-hybridized carbons (Fsp3) is 0.632. The molecule has 1 saturated carbocycles. The van der Waals surface area contributed by atoms with Gasteiger partial charge in [0.1, 0.15) is 5.75 Å². The van der Waals surface area contributed by atoms with Crippen molar-refractivity contribution in [2.24, 2.45) is 0 Å². The minimum atomic E-state index is -0.377. The molecule has 1 aromatic rings. The molecule has 1 saturated heterocycles. The molecule has 1 amide bonds. The summed E-state index contributed by atoms with van der Waals surface area (Å²) in [4.78, 5) is 15.4. The van der Waals surface area contributed by atoms with Crippen molar-refractivity contribution >= 4 is 5.91 Å². The first kappa shape index (κ1) is 17.2. The molecule has 0 unspecified atom stereocenters. The highest BCUT2D eigenvalue weighted by atomic mass is 16.5. The zero-order valence-electron chi connectivity index (χ0n) is 14.6. The Bertz CT molecular complexity index is 549. The maximum Gasteiger partial charge on any atom is 0.230 e. The number of piperazine rings is 1. The maximum absolute atomic E-state index is 13.0. The van der Waals surface area contributed by atoms with Crippen LogP contribution in [0, 0.1) is 0 Å². The van der Waals surface area contributed by atoms with E-state index in [-0.39, 0.29) is 11.3 Å². The Hall–Kier alpha value is -1.59. The molecule has 0 atom stereocenters. The molecule has 0 aromatic heterocycles. The number of methoxy groups -OCH3 is 1. The molecule has 1 aliphatic carbocycles. The van der Waals surface area contributed by atoms with Crippen LogP contribution in [0.4, 0.5) is 0 Å². The second kappa shape index (κ2) is 7.99. The van der Waals surface area contributed by atoms with E-state index in [1.54, 1.807) is 7.11 Å². The van der Waals surface area contributed by atoms with Crippen molar-refractivity contribution in [3.63, 3.8) is 0 Å². The molecule has 3 rings (SSSR count). The van der Waals surface area contributed by atoms with Crippen LogP contribution in [0.3, 0.4) is 0 Å². The molecule has 1 heterocycles. The summed E-state index contributed by atoms with van der Waals surface area (Å²) in [5.41, 5.74) is 0.719. The average molecular weight is 331 g/mol. The van der Waals surface area contributed by atoms with E-state index < -0.39 is 0 Å². The van der Waals surface area contributed by atoms with Crippen molar-refractivity contribution in [3.8, 4) is 5.75 Å². The van der Waals surface area contributed by atoms with E-state index in [1.807, 2.05) is 18.2 Å². The van der Waals surface area contributed by atoms with Crippen LogP contribution < -0.4 is 15.4 Å². The highest BCUT2D eigenvalue weighted by Crippen LogP contribution is 2.42. The first-order chi connectivity index (χ1) is 11.7. The summed E-state index contributed by atoms with van der Waals surface area (Å²) in [7, 11) is 1.67. The highest BCUT2D eigenvalue weighted by molar-refractivity contribution is 5.88. The van der Waals surface area contributed by atoms with Gasteiger partial charge in [0.15, 0.2) is 0 Å². The minimum Gasteiger partial charge on any atom is -0.497 e. The van der Waals surface area contributed by atoms with E-state index in [0.29, 0.717) is 0 Å². The number of hydrogen-bond acceptors (Lipinski definition) is 4. The molecule has 1 aromatic carbocycles. The van der Waals surface area contributed by atoms with Crippen LogP contribution in [-0.2, 0) is 10.2 Å². The second-order valence-electron chi connectivity index (χ2n) is 6.87. The third kappa shape index (κ3) is 3.73. The van der Waals surface area contributed by atoms with E-state index in [0.717, 1.165) is 76.3 Å². The van der Waals surface area contributed by atoms with Gasteiger partial charge in [0, 0.05) is 39.3 Å². The van der Waals surface area contributed by atoms with Crippen LogP contribution in [-0.4, -0.2) is 57.2 Å². The number of carbonyl (C=O) groups is 1. The summed E-state index contributed by atoms with van der Waals surface area (Å²) >= 11 is 0. The lowest BCUT2D eigenvalue weighted by molar-refractivity contribution is -0.126. The Morgan fingerprint density at radius 3 is 2.75 bits per heavy atom. The van der Waals surface area contributed by atoms with Gasteiger partial charge in [-0.3, -0.25) is 9.69 Å². The standard InChI is InChI=1S/C19H29N3O2/c1-24-17-6-4-5-16(15-17)19(7-2-3-8-19)18(23)21-11-14-22-12-9-20-10-13-22/h4-6,15,20H,2-3,7-14H2,1H3,(H,21,23). The van der Waals surface area contributed by atoms with Crippen molar-refractivity contribution in [2.75, 3.05) is 46.4 Å². The fourth-order valence-corrected chi connectivity index (χ4v) is 3.98. The van der Waals surface area contributed by atoms with Gasteiger partial charge in [-0.05, 0) is 30.5 Å². The SMILES string of the molecule is COc1cccc(C2(C(=O)NCCN3CCNCC3)CCCC2)c1. The van der Waals surface area contributed by atoms with E-state index >= 15 is 0 Å². The van der Waals surface area contributed by atoms with Crippen molar-refractivity contribution < 1.29 is 9.53 Å². The van der Waals surface area contributed by atoms with Crippen LogP contribution in [0.5, 0.6) is 5.75 Å².